The predicted octanol–water partition coefficient (Wildman–Crippen LogP) is 5.87. The van der Waals surface area contributed by atoms with Crippen LogP contribution < -0.4 is 10.1 Å². The molecule has 0 aliphatic rings. The summed E-state index contributed by atoms with van der Waals surface area (Å²) in [5.74, 6) is 0.701. The van der Waals surface area contributed by atoms with E-state index in [4.69, 9.17) is 4.74 Å². The summed E-state index contributed by atoms with van der Waals surface area (Å²) in [6.07, 6.45) is 11.7. The standard InChI is InChI=1S/C20H33NO2/c1-3-5-7-8-9-10-11-14-18-15-12-13-16-19(18)23-20(22)21-17-6-4-2/h12-13,15-16H,3-11,14,17H2,1-2H3,(H,21,22). The highest BCUT2D eigenvalue weighted by Gasteiger charge is 2.08. The van der Waals surface area contributed by atoms with E-state index < -0.39 is 0 Å². The van der Waals surface area contributed by atoms with E-state index in [9.17, 15) is 4.79 Å². The molecule has 0 spiro atoms. The summed E-state index contributed by atoms with van der Waals surface area (Å²) in [4.78, 5) is 11.8. The van der Waals surface area contributed by atoms with Crippen molar-refractivity contribution in [3.8, 4) is 5.75 Å². The zero-order chi connectivity index (χ0) is 16.8. The lowest BCUT2D eigenvalue weighted by Gasteiger charge is -2.10. The molecule has 0 aliphatic heterocycles. The Bertz CT molecular complexity index is 431. The number of nitrogens with one attached hydrogen (secondary N) is 1. The highest BCUT2D eigenvalue weighted by molar-refractivity contribution is 5.70. The van der Waals surface area contributed by atoms with Gasteiger partial charge in [0.15, 0.2) is 0 Å². The van der Waals surface area contributed by atoms with Gasteiger partial charge in [-0.15, -0.1) is 0 Å². The van der Waals surface area contributed by atoms with Gasteiger partial charge in [0.05, 0.1) is 0 Å². The molecule has 0 bridgehead atoms. The molecule has 1 aromatic rings. The van der Waals surface area contributed by atoms with Crippen molar-refractivity contribution >= 4 is 6.09 Å². The normalized spacial score (nSPS) is 10.5. The number of carbonyl (C=O) groups is 1. The zero-order valence-corrected chi connectivity index (χ0v) is 14.9. The lowest BCUT2D eigenvalue weighted by Crippen LogP contribution is -2.27. The first-order valence-corrected chi connectivity index (χ1v) is 9.31. The van der Waals surface area contributed by atoms with Crippen LogP contribution in [0, 0.1) is 0 Å². The lowest BCUT2D eigenvalue weighted by molar-refractivity contribution is 0.200. The van der Waals surface area contributed by atoms with Crippen molar-refractivity contribution in [2.75, 3.05) is 6.54 Å². The molecule has 0 fully saturated rings. The van der Waals surface area contributed by atoms with Crippen LogP contribution in [0.25, 0.3) is 0 Å². The van der Waals surface area contributed by atoms with Crippen molar-refractivity contribution in [3.05, 3.63) is 29.8 Å². The summed E-state index contributed by atoms with van der Waals surface area (Å²) in [5.41, 5.74) is 1.13. The second kappa shape index (κ2) is 13.0. The highest BCUT2D eigenvalue weighted by Crippen LogP contribution is 2.21. The molecule has 0 unspecified atom stereocenters. The van der Waals surface area contributed by atoms with Gasteiger partial charge in [-0.05, 0) is 30.9 Å². The Labute approximate surface area is 141 Å². The Morgan fingerprint density at radius 1 is 0.913 bits per heavy atom. The quantitative estimate of drug-likeness (QED) is 0.489. The number of para-hydroxylation sites is 1. The van der Waals surface area contributed by atoms with Crippen LogP contribution >= 0.6 is 0 Å². The van der Waals surface area contributed by atoms with Gasteiger partial charge in [-0.1, -0.05) is 77.0 Å². The first-order chi connectivity index (χ1) is 11.3. The lowest BCUT2D eigenvalue weighted by atomic mass is 10.0. The van der Waals surface area contributed by atoms with E-state index in [0.29, 0.717) is 12.3 Å². The fourth-order valence-corrected chi connectivity index (χ4v) is 2.59. The van der Waals surface area contributed by atoms with Crippen LogP contribution in [0.5, 0.6) is 5.75 Å². The number of hydrogen-bond donors (Lipinski definition) is 1. The van der Waals surface area contributed by atoms with E-state index in [0.717, 1.165) is 31.2 Å². The third kappa shape index (κ3) is 9.27. The number of aryl methyl sites for hydroxylation is 1. The molecule has 1 amide bonds. The van der Waals surface area contributed by atoms with Crippen molar-refractivity contribution in [3.63, 3.8) is 0 Å². The second-order valence-corrected chi connectivity index (χ2v) is 6.15. The molecule has 1 aromatic carbocycles. The van der Waals surface area contributed by atoms with E-state index in [2.05, 4.69) is 25.2 Å². The Morgan fingerprint density at radius 3 is 2.30 bits per heavy atom. The first kappa shape index (κ1) is 19.5. The highest BCUT2D eigenvalue weighted by atomic mass is 16.6. The molecule has 0 saturated heterocycles. The molecular formula is C20H33NO2. The number of unbranched alkanes of at least 4 members (excludes halogenated alkanes) is 7. The van der Waals surface area contributed by atoms with Gasteiger partial charge in [0.2, 0.25) is 0 Å². The first-order valence-electron chi connectivity index (χ1n) is 9.31. The van der Waals surface area contributed by atoms with Crippen molar-refractivity contribution in [2.45, 2.75) is 78.1 Å². The summed E-state index contributed by atoms with van der Waals surface area (Å²) < 4.78 is 5.45. The predicted molar refractivity (Wildman–Crippen MR) is 97.1 cm³/mol. The molecule has 0 radical (unpaired) electrons. The molecule has 0 atom stereocenters. The van der Waals surface area contributed by atoms with Crippen molar-refractivity contribution in [1.29, 1.82) is 0 Å². The van der Waals surface area contributed by atoms with E-state index in [1.807, 2.05) is 18.2 Å². The Balaban J connectivity index is 2.31. The maximum Gasteiger partial charge on any atom is 0.412 e. The monoisotopic (exact) mass is 319 g/mol. The second-order valence-electron chi connectivity index (χ2n) is 6.15. The van der Waals surface area contributed by atoms with Crippen LogP contribution in [0.1, 0.15) is 77.2 Å². The van der Waals surface area contributed by atoms with Crippen LogP contribution in [0.3, 0.4) is 0 Å². The van der Waals surface area contributed by atoms with Crippen LogP contribution in [0.15, 0.2) is 24.3 Å². The Kier molecular flexibility index (Phi) is 11.0. The van der Waals surface area contributed by atoms with E-state index in [1.54, 1.807) is 0 Å². The molecule has 0 heterocycles. The molecular weight excluding hydrogens is 286 g/mol. The maximum atomic E-state index is 11.8. The summed E-state index contributed by atoms with van der Waals surface area (Å²) in [6.45, 7) is 5.02. The Morgan fingerprint density at radius 2 is 1.57 bits per heavy atom. The van der Waals surface area contributed by atoms with E-state index >= 15 is 0 Å². The van der Waals surface area contributed by atoms with Gasteiger partial charge in [0.25, 0.3) is 0 Å². The topological polar surface area (TPSA) is 38.3 Å². The summed E-state index contributed by atoms with van der Waals surface area (Å²) in [7, 11) is 0. The SMILES string of the molecule is CCCCCCCCCc1ccccc1OC(=O)NCCCC. The number of amides is 1. The van der Waals surface area contributed by atoms with Gasteiger partial charge in [-0.25, -0.2) is 4.79 Å². The van der Waals surface area contributed by atoms with Gasteiger partial charge in [-0.2, -0.15) is 0 Å². The van der Waals surface area contributed by atoms with Gasteiger partial charge in [-0.3, -0.25) is 0 Å². The summed E-state index contributed by atoms with van der Waals surface area (Å²) in [6, 6.07) is 7.88. The van der Waals surface area contributed by atoms with Gasteiger partial charge in [0, 0.05) is 6.54 Å². The average molecular weight is 319 g/mol. The largest absolute Gasteiger partial charge is 0.412 e. The minimum Gasteiger partial charge on any atom is -0.410 e. The number of benzene rings is 1. The molecule has 3 nitrogen and oxygen atoms in total. The van der Waals surface area contributed by atoms with E-state index in [1.165, 1.54) is 38.5 Å². The van der Waals surface area contributed by atoms with Crippen LogP contribution in [0.4, 0.5) is 4.79 Å². The third-order valence-electron chi connectivity index (χ3n) is 4.02. The van der Waals surface area contributed by atoms with Crippen molar-refractivity contribution in [2.24, 2.45) is 0 Å². The number of ether oxygens (including phenoxy) is 1. The molecule has 0 saturated carbocycles. The van der Waals surface area contributed by atoms with Crippen molar-refractivity contribution in [1.82, 2.24) is 5.32 Å². The molecule has 0 aliphatic carbocycles. The minimum absolute atomic E-state index is 0.342. The molecule has 1 rings (SSSR count). The molecule has 130 valence electrons. The number of rotatable bonds is 12. The van der Waals surface area contributed by atoms with Gasteiger partial charge < -0.3 is 10.1 Å². The third-order valence-corrected chi connectivity index (χ3v) is 4.02. The molecule has 23 heavy (non-hydrogen) atoms. The van der Waals surface area contributed by atoms with Crippen LogP contribution in [-0.4, -0.2) is 12.6 Å². The molecule has 0 aromatic heterocycles. The summed E-state index contributed by atoms with van der Waals surface area (Å²) >= 11 is 0. The summed E-state index contributed by atoms with van der Waals surface area (Å²) in [5, 5.41) is 2.79. The molecule has 3 heteroatoms. The van der Waals surface area contributed by atoms with Gasteiger partial charge in [0.1, 0.15) is 5.75 Å². The average Bonchev–Trinajstić information content (AvgIpc) is 2.55. The maximum absolute atomic E-state index is 11.8. The fourth-order valence-electron chi connectivity index (χ4n) is 2.59. The number of carbonyl (C=O) groups excluding carboxylic acids is 1. The fraction of sp³-hybridized carbons (Fsp3) is 0.650. The number of hydrogen-bond acceptors (Lipinski definition) is 2. The zero-order valence-electron chi connectivity index (χ0n) is 14.9. The van der Waals surface area contributed by atoms with Crippen LogP contribution in [-0.2, 0) is 6.42 Å². The van der Waals surface area contributed by atoms with E-state index in [-0.39, 0.29) is 6.09 Å². The smallest absolute Gasteiger partial charge is 0.410 e. The van der Waals surface area contributed by atoms with Crippen LogP contribution in [0.2, 0.25) is 0 Å². The molecule has 1 N–H and O–H groups in total. The van der Waals surface area contributed by atoms with Crippen molar-refractivity contribution < 1.29 is 9.53 Å². The minimum atomic E-state index is -0.342. The van der Waals surface area contributed by atoms with Gasteiger partial charge >= 0.3 is 6.09 Å². The Hall–Kier alpha value is -1.51.